The van der Waals surface area contributed by atoms with Crippen LogP contribution >= 0.6 is 0 Å². The molecule has 0 aromatic heterocycles. The van der Waals surface area contributed by atoms with Crippen LogP contribution in [-0.2, 0) is 6.05 Å². The van der Waals surface area contributed by atoms with E-state index in [-0.39, 0.29) is 0 Å². The lowest BCUT2D eigenvalue weighted by Gasteiger charge is -2.06. The quantitative estimate of drug-likeness (QED) is 0.405. The largest absolute Gasteiger partial charge is 0.539 e. The summed E-state index contributed by atoms with van der Waals surface area (Å²) in [7, 11) is 0. The van der Waals surface area contributed by atoms with Crippen molar-refractivity contribution in [3.63, 3.8) is 0 Å². The van der Waals surface area contributed by atoms with E-state index >= 15 is 0 Å². The van der Waals surface area contributed by atoms with E-state index in [1.54, 1.807) is 6.92 Å². The molecule has 0 aliphatic rings. The second kappa shape index (κ2) is 3.08. The summed E-state index contributed by atoms with van der Waals surface area (Å²) in [4.78, 5) is 8.36. The minimum Gasteiger partial charge on any atom is -0.259 e. The van der Waals surface area contributed by atoms with Crippen LogP contribution in [0.15, 0.2) is 24.3 Å². The molecular weight excluding hydrogens is 180 g/mol. The average Bonchev–Trinajstić information content (AvgIpc) is 2.04. The van der Waals surface area contributed by atoms with Gasteiger partial charge in [0.15, 0.2) is 0 Å². The highest BCUT2D eigenvalue weighted by atomic mass is 19.3. The van der Waals surface area contributed by atoms with Crippen LogP contribution in [0.25, 0.3) is 0 Å². The van der Waals surface area contributed by atoms with E-state index in [1.807, 2.05) is 0 Å². The summed E-state index contributed by atoms with van der Waals surface area (Å²) < 4.78 is 25.4. The summed E-state index contributed by atoms with van der Waals surface area (Å²) in [5.74, 6) is 0. The molecule has 0 spiro atoms. The van der Waals surface area contributed by atoms with Gasteiger partial charge in [0.05, 0.1) is 0 Å². The second-order valence-corrected chi connectivity index (χ2v) is 2.66. The Balaban J connectivity index is 3.08. The van der Waals surface area contributed by atoms with Gasteiger partial charge >= 0.3 is 6.05 Å². The van der Waals surface area contributed by atoms with Crippen molar-refractivity contribution in [2.45, 2.75) is 13.0 Å². The molecule has 70 valence electrons. The zero-order valence-electron chi connectivity index (χ0n) is 6.83. The summed E-state index contributed by atoms with van der Waals surface area (Å²) in [6, 6.07) is 0.934. The fourth-order valence-corrected chi connectivity index (χ4v) is 0.859. The summed E-state index contributed by atoms with van der Waals surface area (Å²) in [5, 5.41) is 9.96. The molecule has 5 heteroatoms. The Bertz CT molecular complexity index is 321. The molecule has 0 amide bonds. The van der Waals surface area contributed by atoms with Crippen LogP contribution in [0.4, 0.5) is 8.78 Å². The van der Waals surface area contributed by atoms with E-state index in [1.165, 1.54) is 12.1 Å². The fourth-order valence-electron chi connectivity index (χ4n) is 0.859. The molecule has 0 atom stereocenters. The topological polar surface area (TPSA) is 43.1 Å². The lowest BCUT2D eigenvalue weighted by Crippen LogP contribution is -2.24. The summed E-state index contributed by atoms with van der Waals surface area (Å²) in [6.45, 7) is 1.72. The SMILES string of the molecule is Cc1ccc(C(F)(F)[N+](=O)[O-])cc1. The van der Waals surface area contributed by atoms with Gasteiger partial charge in [-0.2, -0.15) is 0 Å². The van der Waals surface area contributed by atoms with Crippen LogP contribution in [-0.4, -0.2) is 4.92 Å². The van der Waals surface area contributed by atoms with Crippen molar-refractivity contribution in [1.29, 1.82) is 0 Å². The maximum absolute atomic E-state index is 12.7. The van der Waals surface area contributed by atoms with Gasteiger partial charge in [-0.1, -0.05) is 17.7 Å². The van der Waals surface area contributed by atoms with Crippen molar-refractivity contribution in [2.75, 3.05) is 0 Å². The Labute approximate surface area is 73.1 Å². The van der Waals surface area contributed by atoms with Crippen molar-refractivity contribution in [1.82, 2.24) is 0 Å². The Hall–Kier alpha value is -1.52. The first kappa shape index (κ1) is 9.57. The van der Waals surface area contributed by atoms with Crippen LogP contribution < -0.4 is 0 Å². The molecular formula is C8H7F2NO2. The van der Waals surface area contributed by atoms with Gasteiger partial charge in [0.1, 0.15) is 10.5 Å². The lowest BCUT2D eigenvalue weighted by atomic mass is 10.1. The monoisotopic (exact) mass is 187 g/mol. The van der Waals surface area contributed by atoms with Gasteiger partial charge in [-0.15, -0.1) is 8.78 Å². The molecule has 0 aliphatic carbocycles. The number of rotatable bonds is 2. The Morgan fingerprint density at radius 1 is 1.31 bits per heavy atom. The van der Waals surface area contributed by atoms with Gasteiger partial charge < -0.3 is 0 Å². The van der Waals surface area contributed by atoms with Gasteiger partial charge in [0.25, 0.3) is 0 Å². The molecule has 0 radical (unpaired) electrons. The smallest absolute Gasteiger partial charge is 0.259 e. The number of alkyl halides is 2. The van der Waals surface area contributed by atoms with E-state index in [4.69, 9.17) is 0 Å². The van der Waals surface area contributed by atoms with Gasteiger partial charge in [-0.3, -0.25) is 10.1 Å². The molecule has 0 unspecified atom stereocenters. The molecule has 0 aliphatic heterocycles. The third kappa shape index (κ3) is 1.80. The first-order chi connectivity index (χ1) is 5.94. The fraction of sp³-hybridized carbons (Fsp3) is 0.250. The lowest BCUT2D eigenvalue weighted by molar-refractivity contribution is -0.656. The zero-order valence-corrected chi connectivity index (χ0v) is 6.83. The van der Waals surface area contributed by atoms with Gasteiger partial charge in [-0.25, -0.2) is 0 Å². The van der Waals surface area contributed by atoms with Crippen molar-refractivity contribution in [3.8, 4) is 0 Å². The molecule has 0 heterocycles. The summed E-state index contributed by atoms with van der Waals surface area (Å²) >= 11 is 0. The maximum Gasteiger partial charge on any atom is 0.539 e. The molecule has 3 nitrogen and oxygen atoms in total. The minimum absolute atomic E-state index is 0.594. The van der Waals surface area contributed by atoms with Crippen molar-refractivity contribution in [2.24, 2.45) is 0 Å². The van der Waals surface area contributed by atoms with Crippen LogP contribution in [0.2, 0.25) is 0 Å². The van der Waals surface area contributed by atoms with Gasteiger partial charge in [0.2, 0.25) is 0 Å². The third-order valence-electron chi connectivity index (χ3n) is 1.63. The number of aryl methyl sites for hydroxylation is 1. The van der Waals surface area contributed by atoms with Crippen LogP contribution in [0.5, 0.6) is 0 Å². The van der Waals surface area contributed by atoms with Crippen molar-refractivity contribution >= 4 is 0 Å². The molecule has 1 aromatic rings. The number of nitro groups is 1. The molecule has 0 saturated heterocycles. The number of benzene rings is 1. The van der Waals surface area contributed by atoms with Crippen LogP contribution in [0, 0.1) is 17.0 Å². The molecule has 0 bridgehead atoms. The second-order valence-electron chi connectivity index (χ2n) is 2.66. The highest BCUT2D eigenvalue weighted by Crippen LogP contribution is 2.28. The predicted molar refractivity (Wildman–Crippen MR) is 42.1 cm³/mol. The third-order valence-corrected chi connectivity index (χ3v) is 1.63. The maximum atomic E-state index is 12.7. The van der Waals surface area contributed by atoms with E-state index in [0.29, 0.717) is 0 Å². The van der Waals surface area contributed by atoms with Crippen LogP contribution in [0.3, 0.4) is 0 Å². The van der Waals surface area contributed by atoms with Crippen LogP contribution in [0.1, 0.15) is 11.1 Å². The zero-order chi connectivity index (χ0) is 10.1. The molecule has 0 fully saturated rings. The molecule has 13 heavy (non-hydrogen) atoms. The summed E-state index contributed by atoms with van der Waals surface area (Å²) in [5.41, 5.74) is 0.186. The standard InChI is InChI=1S/C8H7F2NO2/c1-6-2-4-7(5-3-6)8(9,10)11(12)13/h2-5H,1H3. The van der Waals surface area contributed by atoms with E-state index in [9.17, 15) is 18.9 Å². The number of hydrogen-bond acceptors (Lipinski definition) is 2. The first-order valence-corrected chi connectivity index (χ1v) is 3.54. The Morgan fingerprint density at radius 3 is 2.15 bits per heavy atom. The first-order valence-electron chi connectivity index (χ1n) is 3.54. The molecule has 0 N–H and O–H groups in total. The average molecular weight is 187 g/mol. The highest BCUT2D eigenvalue weighted by molar-refractivity contribution is 5.23. The van der Waals surface area contributed by atoms with Crippen molar-refractivity contribution < 1.29 is 13.7 Å². The summed E-state index contributed by atoms with van der Waals surface area (Å²) in [6.07, 6.45) is 0. The highest BCUT2D eigenvalue weighted by Gasteiger charge is 2.45. The van der Waals surface area contributed by atoms with E-state index in [0.717, 1.165) is 17.7 Å². The number of halogens is 2. The Morgan fingerprint density at radius 2 is 1.77 bits per heavy atom. The predicted octanol–water partition coefficient (Wildman–Crippen LogP) is 2.32. The molecule has 1 aromatic carbocycles. The Kier molecular flexibility index (Phi) is 2.27. The normalized spacial score (nSPS) is 11.3. The van der Waals surface area contributed by atoms with Gasteiger partial charge in [-0.05, 0) is 19.1 Å². The minimum atomic E-state index is -3.99. The van der Waals surface area contributed by atoms with Crippen molar-refractivity contribution in [3.05, 3.63) is 45.5 Å². The molecule has 0 saturated carbocycles. The number of nitrogens with zero attached hydrogens (tertiary/aromatic N) is 1. The van der Waals surface area contributed by atoms with Gasteiger partial charge in [0, 0.05) is 0 Å². The van der Waals surface area contributed by atoms with E-state index in [2.05, 4.69) is 0 Å². The number of hydrogen-bond donors (Lipinski definition) is 0. The van der Waals surface area contributed by atoms with E-state index < -0.39 is 16.5 Å². The molecule has 1 rings (SSSR count).